The van der Waals surface area contributed by atoms with Crippen molar-refractivity contribution < 1.29 is 4.79 Å². The van der Waals surface area contributed by atoms with Gasteiger partial charge in [-0.3, -0.25) is 0 Å². The maximum atomic E-state index is 10.3. The number of dihydropyridines is 1. The van der Waals surface area contributed by atoms with E-state index in [9.17, 15) is 4.79 Å². The van der Waals surface area contributed by atoms with Gasteiger partial charge in [0.05, 0.1) is 12.2 Å². The summed E-state index contributed by atoms with van der Waals surface area (Å²) in [6.07, 6.45) is 12.9. The zero-order valence-electron chi connectivity index (χ0n) is 16.5. The van der Waals surface area contributed by atoms with Crippen LogP contribution in [-0.4, -0.2) is 41.1 Å². The number of carbonyl (C=O) groups excluding carboxylic acids is 1. The third-order valence-corrected chi connectivity index (χ3v) is 4.52. The second-order valence-corrected chi connectivity index (χ2v) is 6.93. The fourth-order valence-corrected chi connectivity index (χ4v) is 2.88. The van der Waals surface area contributed by atoms with Crippen LogP contribution in [-0.2, 0) is 4.79 Å². The minimum atomic E-state index is 0.0377. The predicted octanol–water partition coefficient (Wildman–Crippen LogP) is 1.35. The van der Waals surface area contributed by atoms with Crippen molar-refractivity contribution in [1.29, 1.82) is 0 Å². The lowest BCUT2D eigenvalue weighted by atomic mass is 9.99. The summed E-state index contributed by atoms with van der Waals surface area (Å²) in [5.74, 6) is 3.35. The summed E-state index contributed by atoms with van der Waals surface area (Å²) >= 11 is 0. The molecular formula is C21H25N7O. The number of nitrogens with two attached hydrogens (primary N) is 1. The Labute approximate surface area is 170 Å². The van der Waals surface area contributed by atoms with Gasteiger partial charge in [-0.2, -0.15) is 5.10 Å². The molecule has 0 spiro atoms. The Balaban J connectivity index is 1.78. The van der Waals surface area contributed by atoms with Crippen molar-refractivity contribution >= 4 is 17.6 Å². The van der Waals surface area contributed by atoms with Crippen LogP contribution < -0.4 is 21.7 Å². The molecule has 0 saturated carbocycles. The lowest BCUT2D eigenvalue weighted by Crippen LogP contribution is -2.40. The standard InChI is InChI=1S/C21H25N7O/c1-14(2)15-9-21(28-25-13-15)27-20-5-4-18-19(26-20)8-16(12-24-18)17(10-22)11-23-6-3-7-29/h3-5,8-9,11-14,18,23-24H,6,10,22H2,1-2H3,(H,26,27,28)/b17-11+. The molecule has 2 aliphatic heterocycles. The van der Waals surface area contributed by atoms with E-state index in [-0.39, 0.29) is 6.04 Å². The van der Waals surface area contributed by atoms with Crippen LogP contribution in [0.5, 0.6) is 0 Å². The Morgan fingerprint density at radius 1 is 1.48 bits per heavy atom. The summed E-state index contributed by atoms with van der Waals surface area (Å²) in [5, 5.41) is 17.9. The normalized spacial score (nSPS) is 19.5. The van der Waals surface area contributed by atoms with Crippen LogP contribution in [0, 0.1) is 0 Å². The predicted molar refractivity (Wildman–Crippen MR) is 114 cm³/mol. The lowest BCUT2D eigenvalue weighted by Gasteiger charge is -2.28. The summed E-state index contributed by atoms with van der Waals surface area (Å²) in [5.41, 5.74) is 9.80. The number of hydrogen-bond donors (Lipinski definition) is 4. The first-order valence-electron chi connectivity index (χ1n) is 9.47. The van der Waals surface area contributed by atoms with Crippen molar-refractivity contribution in [3.63, 3.8) is 0 Å². The molecule has 1 atom stereocenters. The molecule has 29 heavy (non-hydrogen) atoms. The highest BCUT2D eigenvalue weighted by Gasteiger charge is 2.21. The van der Waals surface area contributed by atoms with Crippen LogP contribution in [0.15, 0.2) is 70.8 Å². The highest BCUT2D eigenvalue weighted by molar-refractivity contribution is 5.97. The molecule has 1 unspecified atom stereocenters. The molecule has 8 nitrogen and oxygen atoms in total. The number of hydrogen-bond acceptors (Lipinski definition) is 7. The molecule has 8 heteroatoms. The molecule has 150 valence electrons. The SMILES string of the molecule is CC(C)c1cnnc(N=C2C=CC3NC=C(/C(=C/NCC=C=O)CN)C=C3N2)c1. The van der Waals surface area contributed by atoms with Gasteiger partial charge in [0, 0.05) is 37.3 Å². The number of allylic oxidation sites excluding steroid dienone is 1. The maximum absolute atomic E-state index is 10.3. The van der Waals surface area contributed by atoms with Gasteiger partial charge >= 0.3 is 0 Å². The monoisotopic (exact) mass is 391 g/mol. The van der Waals surface area contributed by atoms with Gasteiger partial charge in [-0.25, -0.2) is 9.79 Å². The van der Waals surface area contributed by atoms with Crippen LogP contribution in [0.2, 0.25) is 0 Å². The van der Waals surface area contributed by atoms with Crippen molar-refractivity contribution in [2.45, 2.75) is 25.8 Å². The molecule has 0 saturated heterocycles. The lowest BCUT2D eigenvalue weighted by molar-refractivity contribution is 0.568. The first kappa shape index (κ1) is 20.3. The first-order chi connectivity index (χ1) is 14.1. The number of amidine groups is 1. The Morgan fingerprint density at radius 3 is 3.10 bits per heavy atom. The zero-order chi connectivity index (χ0) is 20.6. The molecule has 0 aromatic carbocycles. The van der Waals surface area contributed by atoms with E-state index < -0.39 is 0 Å². The van der Waals surface area contributed by atoms with Crippen LogP contribution in [0.25, 0.3) is 0 Å². The third-order valence-electron chi connectivity index (χ3n) is 4.52. The van der Waals surface area contributed by atoms with E-state index in [0.29, 0.717) is 30.7 Å². The Hall–Kier alpha value is -3.48. The van der Waals surface area contributed by atoms with Gasteiger partial charge in [0.15, 0.2) is 5.82 Å². The second-order valence-electron chi connectivity index (χ2n) is 6.93. The van der Waals surface area contributed by atoms with E-state index in [2.05, 4.69) is 45.0 Å². The fraction of sp³-hybridized carbons (Fsp3) is 0.286. The van der Waals surface area contributed by atoms with Crippen LogP contribution >= 0.6 is 0 Å². The average Bonchev–Trinajstić information content (AvgIpc) is 2.73. The average molecular weight is 391 g/mol. The first-order valence-corrected chi connectivity index (χ1v) is 9.47. The Bertz CT molecular complexity index is 950. The largest absolute Gasteiger partial charge is 0.386 e. The van der Waals surface area contributed by atoms with Gasteiger partial charge in [0.1, 0.15) is 11.8 Å². The van der Waals surface area contributed by atoms with E-state index in [1.54, 1.807) is 18.3 Å². The van der Waals surface area contributed by atoms with E-state index in [4.69, 9.17) is 5.73 Å². The van der Waals surface area contributed by atoms with E-state index in [1.165, 1.54) is 6.08 Å². The van der Waals surface area contributed by atoms with Gasteiger partial charge in [0.2, 0.25) is 0 Å². The molecule has 3 heterocycles. The number of rotatable bonds is 7. The van der Waals surface area contributed by atoms with Gasteiger partial charge < -0.3 is 21.7 Å². The number of aromatic nitrogens is 2. The number of aliphatic imine (C=N–C) groups is 1. The topological polar surface area (TPSA) is 117 Å². The quantitative estimate of drug-likeness (QED) is 0.409. The number of nitrogens with one attached hydrogen (secondary N) is 3. The molecule has 5 N–H and O–H groups in total. The molecule has 2 aliphatic rings. The molecule has 3 rings (SSSR count). The molecule has 0 bridgehead atoms. The van der Waals surface area contributed by atoms with Gasteiger partial charge in [-0.15, -0.1) is 5.10 Å². The molecule has 0 radical (unpaired) electrons. The van der Waals surface area contributed by atoms with Gasteiger partial charge in [-0.05, 0) is 40.8 Å². The highest BCUT2D eigenvalue weighted by atomic mass is 16.1. The second kappa shape index (κ2) is 9.64. The van der Waals surface area contributed by atoms with Crippen molar-refractivity contribution in [2.75, 3.05) is 13.1 Å². The Kier molecular flexibility index (Phi) is 6.73. The highest BCUT2D eigenvalue weighted by Crippen LogP contribution is 2.21. The summed E-state index contributed by atoms with van der Waals surface area (Å²) < 4.78 is 0. The molecule has 0 aliphatic carbocycles. The molecule has 1 aromatic rings. The molecule has 0 amide bonds. The summed E-state index contributed by atoms with van der Waals surface area (Å²) in [7, 11) is 0. The minimum absolute atomic E-state index is 0.0377. The summed E-state index contributed by atoms with van der Waals surface area (Å²) in [4.78, 5) is 14.8. The van der Waals surface area contributed by atoms with Gasteiger partial charge in [0.25, 0.3) is 0 Å². The summed E-state index contributed by atoms with van der Waals surface area (Å²) in [6.45, 7) is 4.97. The molecule has 0 fully saturated rings. The number of fused-ring (bicyclic) bond motifs is 1. The zero-order valence-corrected chi connectivity index (χ0v) is 16.5. The van der Waals surface area contributed by atoms with Crippen molar-refractivity contribution in [3.05, 3.63) is 71.4 Å². The third kappa shape index (κ3) is 5.28. The summed E-state index contributed by atoms with van der Waals surface area (Å²) in [6, 6.07) is 1.98. The van der Waals surface area contributed by atoms with E-state index >= 15 is 0 Å². The van der Waals surface area contributed by atoms with Gasteiger partial charge in [-0.1, -0.05) is 19.9 Å². The Morgan fingerprint density at radius 2 is 2.34 bits per heavy atom. The van der Waals surface area contributed by atoms with E-state index in [0.717, 1.165) is 22.4 Å². The van der Waals surface area contributed by atoms with Crippen LogP contribution in [0.4, 0.5) is 5.82 Å². The van der Waals surface area contributed by atoms with Crippen molar-refractivity contribution in [2.24, 2.45) is 10.7 Å². The van der Waals surface area contributed by atoms with Crippen LogP contribution in [0.1, 0.15) is 25.3 Å². The van der Waals surface area contributed by atoms with Crippen molar-refractivity contribution in [3.8, 4) is 0 Å². The van der Waals surface area contributed by atoms with E-state index in [1.807, 2.05) is 30.5 Å². The number of nitrogens with zero attached hydrogens (tertiary/aromatic N) is 3. The minimum Gasteiger partial charge on any atom is -0.386 e. The van der Waals surface area contributed by atoms with Crippen molar-refractivity contribution in [1.82, 2.24) is 26.1 Å². The van der Waals surface area contributed by atoms with Crippen LogP contribution in [0.3, 0.4) is 0 Å². The molecular weight excluding hydrogens is 366 g/mol. The molecule has 1 aromatic heterocycles. The maximum Gasteiger partial charge on any atom is 0.176 e. The fourth-order valence-electron chi connectivity index (χ4n) is 2.88. The smallest absolute Gasteiger partial charge is 0.176 e.